The van der Waals surface area contributed by atoms with Crippen LogP contribution < -0.4 is 0 Å². The minimum Gasteiger partial charge on any atom is -0.456 e. The first-order chi connectivity index (χ1) is 27.8. The molecule has 8 aromatic carbocycles. The van der Waals surface area contributed by atoms with Gasteiger partial charge in [-0.2, -0.15) is 0 Å². The fourth-order valence-electron chi connectivity index (χ4n) is 8.58. The summed E-state index contributed by atoms with van der Waals surface area (Å²) in [6, 6.07) is 66.0. The average Bonchev–Trinajstić information content (AvgIpc) is 4.03. The summed E-state index contributed by atoms with van der Waals surface area (Å²) in [5, 5.41) is 12.1. The second kappa shape index (κ2) is 11.9. The first kappa shape index (κ1) is 30.7. The largest absolute Gasteiger partial charge is 0.456 e. The number of hydrogen-bond donors (Lipinski definition) is 0. The van der Waals surface area contributed by atoms with Crippen molar-refractivity contribution >= 4 is 65.6 Å². The van der Waals surface area contributed by atoms with Crippen LogP contribution in [0.4, 0.5) is 0 Å². The third-order valence-corrected chi connectivity index (χ3v) is 11.1. The van der Waals surface area contributed by atoms with E-state index in [0.29, 0.717) is 5.82 Å². The zero-order valence-corrected chi connectivity index (χ0v) is 30.0. The van der Waals surface area contributed by atoms with Crippen molar-refractivity contribution in [2.24, 2.45) is 0 Å². The summed E-state index contributed by atoms with van der Waals surface area (Å²) in [4.78, 5) is 5.07. The van der Waals surface area contributed by atoms with Gasteiger partial charge in [0, 0.05) is 60.9 Å². The first-order valence-electron chi connectivity index (χ1n) is 18.8. The summed E-state index contributed by atoms with van der Waals surface area (Å²) in [5.74, 6) is 1.49. The second-order valence-electron chi connectivity index (χ2n) is 14.3. The van der Waals surface area contributed by atoms with E-state index in [4.69, 9.17) is 14.5 Å². The van der Waals surface area contributed by atoms with Crippen LogP contribution in [0.5, 0.6) is 0 Å². The summed E-state index contributed by atoms with van der Waals surface area (Å²) >= 11 is 0. The summed E-state index contributed by atoms with van der Waals surface area (Å²) in [5.41, 5.74) is 11.4. The molecule has 0 atom stereocenters. The molecule has 12 rings (SSSR count). The Balaban J connectivity index is 1.05. The lowest BCUT2D eigenvalue weighted by molar-refractivity contribution is 0.669. The van der Waals surface area contributed by atoms with Gasteiger partial charge in [-0.3, -0.25) is 0 Å². The molecule has 4 heterocycles. The number of nitrogens with zero attached hydrogens (tertiary/aromatic N) is 5. The van der Waals surface area contributed by atoms with Crippen LogP contribution in [0.3, 0.4) is 0 Å². The van der Waals surface area contributed by atoms with Crippen LogP contribution in [0.25, 0.3) is 105 Å². The third-order valence-electron chi connectivity index (χ3n) is 11.1. The Morgan fingerprint density at radius 3 is 1.68 bits per heavy atom. The van der Waals surface area contributed by atoms with Crippen molar-refractivity contribution in [3.05, 3.63) is 188 Å². The lowest BCUT2D eigenvalue weighted by Gasteiger charge is -2.13. The maximum absolute atomic E-state index is 6.40. The quantitative estimate of drug-likeness (QED) is 0.178. The number of hydrogen-bond acceptors (Lipinski definition) is 3. The van der Waals surface area contributed by atoms with Crippen molar-refractivity contribution < 1.29 is 4.42 Å². The highest BCUT2D eigenvalue weighted by atomic mass is 16.3. The van der Waals surface area contributed by atoms with Gasteiger partial charge in [0.15, 0.2) is 11.6 Å². The highest BCUT2D eigenvalue weighted by molar-refractivity contribution is 6.17. The number of rotatable bonds is 5. The summed E-state index contributed by atoms with van der Waals surface area (Å²) < 4.78 is 13.1. The van der Waals surface area contributed by atoms with E-state index in [1.54, 1.807) is 0 Å². The summed E-state index contributed by atoms with van der Waals surface area (Å²) in [6.45, 7) is 0. The standard InChI is InChI=1S/C50H31N5O/c1-3-14-32(15-4-1)49-51-50(33-16-5-2-6-17-33)55(52-49)36-26-27-45-40(29-36)37-20-7-10-23-43(37)53(45)34-18-13-19-35(28-34)54-44-24-11-8-21-38(44)41-30-42-39-22-9-12-25-47(39)56-48(42)31-46(41)54/h1-31H. The van der Waals surface area contributed by atoms with E-state index in [1.807, 2.05) is 53.2 Å². The molecule has 0 spiro atoms. The van der Waals surface area contributed by atoms with Gasteiger partial charge in [-0.05, 0) is 60.7 Å². The molecule has 0 saturated carbocycles. The molecule has 0 radical (unpaired) electrons. The molecule has 0 amide bonds. The molecule has 0 bridgehead atoms. The number of aromatic nitrogens is 5. The third kappa shape index (κ3) is 4.56. The molecule has 0 aliphatic heterocycles. The van der Waals surface area contributed by atoms with E-state index < -0.39 is 0 Å². The molecule has 0 N–H and O–H groups in total. The van der Waals surface area contributed by atoms with Crippen LogP contribution in [0.2, 0.25) is 0 Å². The maximum atomic E-state index is 6.40. The Hall–Kier alpha value is -7.70. The molecule has 4 aromatic heterocycles. The fraction of sp³-hybridized carbons (Fsp3) is 0. The molecule has 12 aromatic rings. The van der Waals surface area contributed by atoms with Gasteiger partial charge in [-0.15, -0.1) is 5.10 Å². The molecular weight excluding hydrogens is 687 g/mol. The van der Waals surface area contributed by atoms with Crippen molar-refractivity contribution in [3.63, 3.8) is 0 Å². The molecule has 0 unspecified atom stereocenters. The van der Waals surface area contributed by atoms with Crippen molar-refractivity contribution in [3.8, 4) is 39.8 Å². The number of fused-ring (bicyclic) bond motifs is 9. The number of furan rings is 1. The van der Waals surface area contributed by atoms with E-state index >= 15 is 0 Å². The Kier molecular flexibility index (Phi) is 6.53. The minimum absolute atomic E-state index is 0.690. The van der Waals surface area contributed by atoms with Crippen LogP contribution in [0.1, 0.15) is 0 Å². The van der Waals surface area contributed by atoms with Crippen molar-refractivity contribution in [1.29, 1.82) is 0 Å². The Bertz CT molecular complexity index is 3480. The van der Waals surface area contributed by atoms with E-state index in [1.165, 1.54) is 16.2 Å². The first-order valence-corrected chi connectivity index (χ1v) is 18.8. The van der Waals surface area contributed by atoms with Gasteiger partial charge >= 0.3 is 0 Å². The number of para-hydroxylation sites is 3. The SMILES string of the molecule is c1ccc(-c2nc(-c3ccccc3)n(-c3ccc4c(c3)c3ccccc3n4-c3cccc(-n4c5ccccc5c5cc6c(cc54)oc4ccccc46)c3)n2)cc1. The Morgan fingerprint density at radius 1 is 0.357 bits per heavy atom. The van der Waals surface area contributed by atoms with Gasteiger partial charge in [0.25, 0.3) is 0 Å². The van der Waals surface area contributed by atoms with Crippen LogP contribution in [-0.4, -0.2) is 23.9 Å². The second-order valence-corrected chi connectivity index (χ2v) is 14.3. The predicted octanol–water partition coefficient (Wildman–Crippen LogP) is 12.7. The smallest absolute Gasteiger partial charge is 0.182 e. The Morgan fingerprint density at radius 2 is 0.946 bits per heavy atom. The van der Waals surface area contributed by atoms with E-state index in [2.05, 4.69) is 149 Å². The van der Waals surface area contributed by atoms with Crippen LogP contribution >= 0.6 is 0 Å². The minimum atomic E-state index is 0.690. The molecular formula is C50H31N5O. The number of benzene rings is 8. The zero-order valence-electron chi connectivity index (χ0n) is 30.0. The molecule has 56 heavy (non-hydrogen) atoms. The van der Waals surface area contributed by atoms with Crippen LogP contribution in [0, 0.1) is 0 Å². The van der Waals surface area contributed by atoms with Crippen molar-refractivity contribution in [2.75, 3.05) is 0 Å². The van der Waals surface area contributed by atoms with Crippen LogP contribution in [0.15, 0.2) is 192 Å². The zero-order chi connectivity index (χ0) is 36.7. The fourth-order valence-corrected chi connectivity index (χ4v) is 8.58. The lowest BCUT2D eigenvalue weighted by atomic mass is 10.1. The molecule has 0 aliphatic carbocycles. The van der Waals surface area contributed by atoms with Gasteiger partial charge in [-0.1, -0.05) is 121 Å². The van der Waals surface area contributed by atoms with E-state index in [-0.39, 0.29) is 0 Å². The highest BCUT2D eigenvalue weighted by Crippen LogP contribution is 2.40. The summed E-state index contributed by atoms with van der Waals surface area (Å²) in [6.07, 6.45) is 0. The maximum Gasteiger partial charge on any atom is 0.182 e. The molecule has 6 nitrogen and oxygen atoms in total. The lowest BCUT2D eigenvalue weighted by Crippen LogP contribution is -2.00. The predicted molar refractivity (Wildman–Crippen MR) is 228 cm³/mol. The molecule has 6 heteroatoms. The molecule has 0 aliphatic rings. The van der Waals surface area contributed by atoms with Gasteiger partial charge in [0.1, 0.15) is 11.2 Å². The molecule has 262 valence electrons. The van der Waals surface area contributed by atoms with Gasteiger partial charge in [0.2, 0.25) is 0 Å². The van der Waals surface area contributed by atoms with E-state index in [9.17, 15) is 0 Å². The topological polar surface area (TPSA) is 53.7 Å². The monoisotopic (exact) mass is 717 g/mol. The highest BCUT2D eigenvalue weighted by Gasteiger charge is 2.20. The Labute approximate surface area is 320 Å². The van der Waals surface area contributed by atoms with Gasteiger partial charge in [-0.25, -0.2) is 9.67 Å². The summed E-state index contributed by atoms with van der Waals surface area (Å²) in [7, 11) is 0. The normalized spacial score (nSPS) is 11.9. The van der Waals surface area contributed by atoms with E-state index in [0.717, 1.165) is 83.4 Å². The van der Waals surface area contributed by atoms with Gasteiger partial charge in [0.05, 0.1) is 27.8 Å². The van der Waals surface area contributed by atoms with Crippen molar-refractivity contribution in [2.45, 2.75) is 0 Å². The van der Waals surface area contributed by atoms with Crippen LogP contribution in [-0.2, 0) is 0 Å². The molecule has 0 fully saturated rings. The molecule has 0 saturated heterocycles. The van der Waals surface area contributed by atoms with Gasteiger partial charge < -0.3 is 13.6 Å². The van der Waals surface area contributed by atoms with Crippen molar-refractivity contribution in [1.82, 2.24) is 23.9 Å². The average molecular weight is 718 g/mol.